The van der Waals surface area contributed by atoms with Gasteiger partial charge in [-0.05, 0) is 26.7 Å². The summed E-state index contributed by atoms with van der Waals surface area (Å²) in [6.07, 6.45) is 5.25. The van der Waals surface area contributed by atoms with Gasteiger partial charge in [-0.2, -0.15) is 5.10 Å². The number of rotatable bonds is 4. The van der Waals surface area contributed by atoms with Gasteiger partial charge in [-0.1, -0.05) is 0 Å². The second-order valence-electron chi connectivity index (χ2n) is 6.69. The Morgan fingerprint density at radius 3 is 3.00 bits per heavy atom. The molecule has 3 aromatic rings. The van der Waals surface area contributed by atoms with Crippen LogP contribution in [0.4, 0.5) is 0 Å². The van der Waals surface area contributed by atoms with Crippen LogP contribution in [0, 0.1) is 13.8 Å². The SMILES string of the molecule is Cc1nc2cc(C3CCCN3C(=O)CCn3cncn3)[nH]n2c(=O)c1C. The first-order chi connectivity index (χ1) is 12.5. The van der Waals surface area contributed by atoms with Crippen molar-refractivity contribution in [3.63, 3.8) is 0 Å². The number of aromatic nitrogens is 6. The number of aromatic amines is 1. The fourth-order valence-corrected chi connectivity index (χ4v) is 3.50. The molecule has 1 saturated heterocycles. The summed E-state index contributed by atoms with van der Waals surface area (Å²) in [7, 11) is 0. The van der Waals surface area contributed by atoms with Gasteiger partial charge in [-0.15, -0.1) is 0 Å². The van der Waals surface area contributed by atoms with Crippen LogP contribution in [0.25, 0.3) is 5.65 Å². The van der Waals surface area contributed by atoms with Crippen molar-refractivity contribution in [2.75, 3.05) is 6.54 Å². The van der Waals surface area contributed by atoms with Crippen molar-refractivity contribution < 1.29 is 4.79 Å². The summed E-state index contributed by atoms with van der Waals surface area (Å²) in [5, 5.41) is 7.18. The largest absolute Gasteiger partial charge is 0.334 e. The third-order valence-electron chi connectivity index (χ3n) is 5.06. The summed E-state index contributed by atoms with van der Waals surface area (Å²) >= 11 is 0. The van der Waals surface area contributed by atoms with E-state index in [1.165, 1.54) is 10.8 Å². The van der Waals surface area contributed by atoms with E-state index in [0.717, 1.165) is 30.8 Å². The molecule has 1 unspecified atom stereocenters. The molecule has 136 valence electrons. The number of H-pyrrole nitrogens is 1. The smallest absolute Gasteiger partial charge is 0.275 e. The second kappa shape index (κ2) is 6.40. The van der Waals surface area contributed by atoms with Crippen LogP contribution in [0.5, 0.6) is 0 Å². The van der Waals surface area contributed by atoms with Gasteiger partial charge in [-0.25, -0.2) is 14.5 Å². The first kappa shape index (κ1) is 16.5. The van der Waals surface area contributed by atoms with Crippen molar-refractivity contribution in [1.82, 2.24) is 34.3 Å². The summed E-state index contributed by atoms with van der Waals surface area (Å²) in [6, 6.07) is 1.82. The lowest BCUT2D eigenvalue weighted by molar-refractivity contribution is -0.132. The molecule has 26 heavy (non-hydrogen) atoms. The second-order valence-corrected chi connectivity index (χ2v) is 6.69. The van der Waals surface area contributed by atoms with Gasteiger partial charge in [0.15, 0.2) is 5.65 Å². The predicted octanol–water partition coefficient (Wildman–Crippen LogP) is 0.985. The van der Waals surface area contributed by atoms with E-state index < -0.39 is 0 Å². The zero-order valence-electron chi connectivity index (χ0n) is 14.8. The Hall–Kier alpha value is -2.97. The summed E-state index contributed by atoms with van der Waals surface area (Å²) in [5.41, 5.74) is 2.71. The molecule has 1 aliphatic rings. The van der Waals surface area contributed by atoms with Gasteiger partial charge in [0.25, 0.3) is 5.56 Å². The fraction of sp³-hybridized carbons (Fsp3) is 0.471. The average molecular weight is 355 g/mol. The zero-order valence-corrected chi connectivity index (χ0v) is 14.8. The molecule has 1 N–H and O–H groups in total. The first-order valence-corrected chi connectivity index (χ1v) is 8.75. The minimum atomic E-state index is -0.0965. The lowest BCUT2D eigenvalue weighted by Crippen LogP contribution is -2.31. The number of aryl methyl sites for hydroxylation is 2. The highest BCUT2D eigenvalue weighted by molar-refractivity contribution is 5.77. The van der Waals surface area contributed by atoms with Crippen LogP contribution in [0.3, 0.4) is 0 Å². The van der Waals surface area contributed by atoms with E-state index in [4.69, 9.17) is 0 Å². The molecule has 0 spiro atoms. The molecule has 1 aliphatic heterocycles. The lowest BCUT2D eigenvalue weighted by atomic mass is 10.1. The standard InChI is InChI=1S/C17H21N7O2/c1-11-12(2)20-15-8-13(21-24(15)17(11)26)14-4-3-6-23(14)16(25)5-7-22-10-18-9-19-22/h8-10,14,21H,3-7H2,1-2H3. The Kier molecular flexibility index (Phi) is 4.06. The van der Waals surface area contributed by atoms with Crippen LogP contribution in [-0.2, 0) is 11.3 Å². The van der Waals surface area contributed by atoms with Crippen LogP contribution in [0.1, 0.15) is 42.3 Å². The molecule has 0 bridgehead atoms. The van der Waals surface area contributed by atoms with E-state index in [1.807, 2.05) is 17.9 Å². The number of nitrogens with one attached hydrogen (secondary N) is 1. The minimum absolute atomic E-state index is 0.0556. The molecule has 0 radical (unpaired) electrons. The summed E-state index contributed by atoms with van der Waals surface area (Å²) < 4.78 is 3.12. The van der Waals surface area contributed by atoms with Crippen molar-refractivity contribution in [3.8, 4) is 0 Å². The Bertz CT molecular complexity index is 1000. The van der Waals surface area contributed by atoms with Crippen LogP contribution < -0.4 is 5.56 Å². The van der Waals surface area contributed by atoms with Crippen molar-refractivity contribution >= 4 is 11.6 Å². The Morgan fingerprint density at radius 2 is 2.23 bits per heavy atom. The van der Waals surface area contributed by atoms with Gasteiger partial charge in [-0.3, -0.25) is 19.4 Å². The maximum Gasteiger partial charge on any atom is 0.275 e. The van der Waals surface area contributed by atoms with Gasteiger partial charge in [0.2, 0.25) is 5.91 Å². The minimum Gasteiger partial charge on any atom is -0.334 e. The number of amides is 1. The van der Waals surface area contributed by atoms with Crippen LogP contribution in [0.2, 0.25) is 0 Å². The van der Waals surface area contributed by atoms with Gasteiger partial charge < -0.3 is 4.90 Å². The van der Waals surface area contributed by atoms with E-state index in [9.17, 15) is 9.59 Å². The number of fused-ring (bicyclic) bond motifs is 1. The highest BCUT2D eigenvalue weighted by Crippen LogP contribution is 2.31. The molecular weight excluding hydrogens is 334 g/mol. The molecule has 4 heterocycles. The highest BCUT2D eigenvalue weighted by Gasteiger charge is 2.31. The van der Waals surface area contributed by atoms with E-state index in [-0.39, 0.29) is 17.5 Å². The van der Waals surface area contributed by atoms with Gasteiger partial charge in [0.1, 0.15) is 12.7 Å². The molecule has 3 aromatic heterocycles. The van der Waals surface area contributed by atoms with Crippen molar-refractivity contribution in [2.45, 2.75) is 45.7 Å². The number of carbonyl (C=O) groups is 1. The quantitative estimate of drug-likeness (QED) is 0.752. The molecule has 1 atom stereocenters. The van der Waals surface area contributed by atoms with E-state index >= 15 is 0 Å². The number of hydrogen-bond acceptors (Lipinski definition) is 5. The topological polar surface area (TPSA) is 101 Å². The molecule has 1 fully saturated rings. The number of likely N-dealkylation sites (tertiary alicyclic amines) is 1. The lowest BCUT2D eigenvalue weighted by Gasteiger charge is -2.23. The highest BCUT2D eigenvalue weighted by atomic mass is 16.2. The molecular formula is C17H21N7O2. The normalized spacial score (nSPS) is 17.3. The number of nitrogens with zero attached hydrogens (tertiary/aromatic N) is 6. The van der Waals surface area contributed by atoms with E-state index in [1.54, 1.807) is 17.9 Å². The Balaban J connectivity index is 1.58. The average Bonchev–Trinajstić information content (AvgIpc) is 3.36. The molecule has 1 amide bonds. The fourth-order valence-electron chi connectivity index (χ4n) is 3.50. The zero-order chi connectivity index (χ0) is 18.3. The summed E-state index contributed by atoms with van der Waals surface area (Å²) in [4.78, 5) is 35.4. The monoisotopic (exact) mass is 355 g/mol. The van der Waals surface area contributed by atoms with Crippen molar-refractivity contribution in [2.24, 2.45) is 0 Å². The Labute approximate surface area is 149 Å². The number of carbonyl (C=O) groups excluding carboxylic acids is 1. The van der Waals surface area contributed by atoms with Gasteiger partial charge >= 0.3 is 0 Å². The molecule has 9 nitrogen and oxygen atoms in total. The van der Waals surface area contributed by atoms with Crippen molar-refractivity contribution in [1.29, 1.82) is 0 Å². The Morgan fingerprint density at radius 1 is 1.38 bits per heavy atom. The number of hydrogen-bond donors (Lipinski definition) is 1. The third kappa shape index (κ3) is 2.79. The molecule has 4 rings (SSSR count). The molecule has 9 heteroatoms. The maximum absolute atomic E-state index is 12.7. The first-order valence-electron chi connectivity index (χ1n) is 8.75. The van der Waals surface area contributed by atoms with Crippen LogP contribution >= 0.6 is 0 Å². The van der Waals surface area contributed by atoms with E-state index in [2.05, 4.69) is 20.2 Å². The third-order valence-corrected chi connectivity index (χ3v) is 5.06. The van der Waals surface area contributed by atoms with Crippen LogP contribution in [0.15, 0.2) is 23.5 Å². The van der Waals surface area contributed by atoms with Crippen molar-refractivity contribution in [3.05, 3.63) is 46.0 Å². The summed E-state index contributed by atoms with van der Waals surface area (Å²) in [6.45, 7) is 4.83. The molecule has 0 aliphatic carbocycles. The molecule has 0 aromatic carbocycles. The predicted molar refractivity (Wildman–Crippen MR) is 93.6 cm³/mol. The maximum atomic E-state index is 12.7. The van der Waals surface area contributed by atoms with Gasteiger partial charge in [0, 0.05) is 30.3 Å². The van der Waals surface area contributed by atoms with E-state index in [0.29, 0.717) is 24.2 Å². The summed E-state index contributed by atoms with van der Waals surface area (Å²) in [5.74, 6) is 0.0781. The molecule has 0 saturated carbocycles. The van der Waals surface area contributed by atoms with Gasteiger partial charge in [0.05, 0.1) is 18.3 Å². The van der Waals surface area contributed by atoms with Crippen LogP contribution in [-0.4, -0.2) is 46.7 Å².